The minimum atomic E-state index is -0.949. The van der Waals surface area contributed by atoms with Crippen molar-refractivity contribution in [2.24, 2.45) is 0 Å². The number of rotatable bonds is 6. The number of fused-ring (bicyclic) bond motifs is 1. The average molecular weight is 421 g/mol. The van der Waals surface area contributed by atoms with Gasteiger partial charge in [0, 0.05) is 36.8 Å². The maximum Gasteiger partial charge on any atom is 0.326 e. The van der Waals surface area contributed by atoms with E-state index in [1.807, 2.05) is 18.2 Å². The predicted molar refractivity (Wildman–Crippen MR) is 107 cm³/mol. The molecule has 2 aliphatic rings. The van der Waals surface area contributed by atoms with E-state index in [-0.39, 0.29) is 6.04 Å². The van der Waals surface area contributed by atoms with Gasteiger partial charge in [-0.15, -0.1) is 15.3 Å². The second-order valence-electron chi connectivity index (χ2n) is 7.86. The van der Waals surface area contributed by atoms with Crippen LogP contribution >= 0.6 is 0 Å². The molecule has 5 heterocycles. The lowest BCUT2D eigenvalue weighted by atomic mass is 10.2. The topological polar surface area (TPSA) is 155 Å². The lowest BCUT2D eigenvalue weighted by Crippen LogP contribution is -2.37. The zero-order valence-electron chi connectivity index (χ0n) is 16.3. The van der Waals surface area contributed by atoms with Crippen molar-refractivity contribution in [3.63, 3.8) is 0 Å². The number of aromatic amines is 1. The van der Waals surface area contributed by atoms with E-state index in [0.29, 0.717) is 36.5 Å². The summed E-state index contributed by atoms with van der Waals surface area (Å²) < 4.78 is 1.68. The summed E-state index contributed by atoms with van der Waals surface area (Å²) in [4.78, 5) is 19.7. The van der Waals surface area contributed by atoms with Gasteiger partial charge in [0.2, 0.25) is 5.95 Å². The van der Waals surface area contributed by atoms with Crippen LogP contribution in [0.3, 0.4) is 0 Å². The van der Waals surface area contributed by atoms with Gasteiger partial charge in [0.05, 0.1) is 6.04 Å². The summed E-state index contributed by atoms with van der Waals surface area (Å²) in [5, 5.41) is 36.7. The predicted octanol–water partition coefficient (Wildman–Crippen LogP) is 0.964. The molecule has 0 aromatic carbocycles. The second kappa shape index (κ2) is 6.75. The highest BCUT2D eigenvalue weighted by Gasteiger charge is 2.40. The Hall–Kier alpha value is -4.03. The number of hydrogen-bond donors (Lipinski definition) is 3. The third-order valence-electron chi connectivity index (χ3n) is 5.75. The largest absolute Gasteiger partial charge is 0.480 e. The molecule has 13 nitrogen and oxygen atoms in total. The lowest BCUT2D eigenvalue weighted by molar-refractivity contribution is -0.138. The lowest BCUT2D eigenvalue weighted by Gasteiger charge is -2.21. The molecule has 1 aliphatic heterocycles. The Morgan fingerprint density at radius 2 is 2.23 bits per heavy atom. The molecule has 6 rings (SSSR count). The average Bonchev–Trinajstić information content (AvgIpc) is 3.26. The van der Waals surface area contributed by atoms with Crippen molar-refractivity contribution in [2.75, 3.05) is 16.8 Å². The number of aromatic nitrogens is 9. The number of H-pyrrole nitrogens is 1. The van der Waals surface area contributed by atoms with Gasteiger partial charge in [0.15, 0.2) is 18.0 Å². The van der Waals surface area contributed by atoms with Crippen LogP contribution in [0, 0.1) is 0 Å². The fourth-order valence-corrected chi connectivity index (χ4v) is 4.04. The van der Waals surface area contributed by atoms with Crippen molar-refractivity contribution in [2.45, 2.75) is 37.3 Å². The highest BCUT2D eigenvalue weighted by Crippen LogP contribution is 2.40. The van der Waals surface area contributed by atoms with Crippen molar-refractivity contribution in [1.82, 2.24) is 45.0 Å². The molecule has 158 valence electrons. The van der Waals surface area contributed by atoms with Gasteiger partial charge < -0.3 is 15.3 Å². The molecule has 1 saturated heterocycles. The highest BCUT2D eigenvalue weighted by molar-refractivity contribution is 5.79. The molecule has 4 aromatic heterocycles. The monoisotopic (exact) mass is 421 g/mol. The van der Waals surface area contributed by atoms with Gasteiger partial charge in [0.25, 0.3) is 0 Å². The van der Waals surface area contributed by atoms with Gasteiger partial charge in [-0.1, -0.05) is 0 Å². The van der Waals surface area contributed by atoms with Gasteiger partial charge in [-0.3, -0.25) is 5.10 Å². The normalized spacial score (nSPS) is 21.1. The second-order valence-corrected chi connectivity index (χ2v) is 7.86. The number of carboxylic acids is 1. The fourth-order valence-electron chi connectivity index (χ4n) is 4.04. The number of anilines is 3. The van der Waals surface area contributed by atoms with E-state index in [2.05, 4.69) is 41.0 Å². The minimum absolute atomic E-state index is 0.239. The first kappa shape index (κ1) is 17.8. The Morgan fingerprint density at radius 3 is 3.00 bits per heavy atom. The number of nitrogens with one attached hydrogen (secondary N) is 2. The van der Waals surface area contributed by atoms with Gasteiger partial charge in [-0.05, 0) is 30.2 Å². The van der Waals surface area contributed by atoms with Gasteiger partial charge in [0.1, 0.15) is 11.6 Å². The molecular formula is C18H19N11O2. The summed E-state index contributed by atoms with van der Waals surface area (Å²) in [6, 6.07) is 4.70. The zero-order chi connectivity index (χ0) is 20.9. The number of aliphatic carboxylic acids is 1. The summed E-state index contributed by atoms with van der Waals surface area (Å²) in [5.74, 6) is 1.13. The fraction of sp³-hybridized carbons (Fsp3) is 0.389. The van der Waals surface area contributed by atoms with Crippen molar-refractivity contribution >= 4 is 29.1 Å². The van der Waals surface area contributed by atoms with Crippen LogP contribution in [0.25, 0.3) is 5.52 Å². The van der Waals surface area contributed by atoms with E-state index in [9.17, 15) is 9.90 Å². The zero-order valence-corrected chi connectivity index (χ0v) is 16.3. The summed E-state index contributed by atoms with van der Waals surface area (Å²) in [5.41, 5.74) is 1.87. The quantitative estimate of drug-likeness (QED) is 0.410. The molecule has 2 fully saturated rings. The number of carboxylic acid groups (broad SMARTS) is 1. The summed E-state index contributed by atoms with van der Waals surface area (Å²) in [6.45, 7) is 0.355. The van der Waals surface area contributed by atoms with Gasteiger partial charge >= 0.3 is 5.97 Å². The standard InChI is InChI=1S/C18H19N11O2/c30-17(31)14-6-11(29-20-9-19-26-29)8-27(14)18-22-16(13-2-1-5-28(13)25-18)21-15-7-12(23-24-15)10-3-4-10/h1-2,5,7,9-11,14H,3-4,6,8H2,(H,30,31)(H2,21,22,23,24,25)/t11-,14-/m0/s1. The molecule has 1 aliphatic carbocycles. The Labute approximate surface area is 175 Å². The van der Waals surface area contributed by atoms with E-state index < -0.39 is 12.0 Å². The third kappa shape index (κ3) is 3.14. The smallest absolute Gasteiger partial charge is 0.326 e. The van der Waals surface area contributed by atoms with E-state index in [4.69, 9.17) is 0 Å². The van der Waals surface area contributed by atoms with E-state index in [1.54, 1.807) is 15.6 Å². The van der Waals surface area contributed by atoms with Crippen molar-refractivity contribution in [3.8, 4) is 0 Å². The third-order valence-corrected chi connectivity index (χ3v) is 5.75. The number of tetrazole rings is 1. The maximum absolute atomic E-state index is 12.0. The molecule has 0 unspecified atom stereocenters. The van der Waals surface area contributed by atoms with Crippen molar-refractivity contribution in [3.05, 3.63) is 36.4 Å². The summed E-state index contributed by atoms with van der Waals surface area (Å²) >= 11 is 0. The van der Waals surface area contributed by atoms with Crippen LogP contribution in [0.4, 0.5) is 17.6 Å². The molecule has 0 radical (unpaired) electrons. The number of nitrogens with zero attached hydrogens (tertiary/aromatic N) is 9. The van der Waals surface area contributed by atoms with Crippen LogP contribution in [0.1, 0.15) is 36.9 Å². The minimum Gasteiger partial charge on any atom is -0.480 e. The number of carbonyl (C=O) groups is 1. The van der Waals surface area contributed by atoms with Gasteiger partial charge in [-0.25, -0.2) is 9.31 Å². The van der Waals surface area contributed by atoms with Crippen LogP contribution in [0.2, 0.25) is 0 Å². The van der Waals surface area contributed by atoms with Crippen molar-refractivity contribution in [1.29, 1.82) is 0 Å². The molecule has 1 saturated carbocycles. The first-order valence-corrected chi connectivity index (χ1v) is 10.1. The first-order valence-electron chi connectivity index (χ1n) is 10.1. The van der Waals surface area contributed by atoms with E-state index >= 15 is 0 Å². The maximum atomic E-state index is 12.0. The van der Waals surface area contributed by atoms with Gasteiger partial charge in [-0.2, -0.15) is 14.9 Å². The van der Waals surface area contributed by atoms with E-state index in [1.165, 1.54) is 24.0 Å². The molecule has 4 aromatic rings. The van der Waals surface area contributed by atoms with Crippen LogP contribution in [0.15, 0.2) is 30.7 Å². The van der Waals surface area contributed by atoms with Crippen LogP contribution in [-0.4, -0.2) is 68.7 Å². The first-order chi connectivity index (χ1) is 15.2. The van der Waals surface area contributed by atoms with Crippen LogP contribution in [-0.2, 0) is 4.79 Å². The van der Waals surface area contributed by atoms with E-state index in [0.717, 1.165) is 11.2 Å². The Bertz CT molecular complexity index is 1240. The Kier molecular flexibility index (Phi) is 3.88. The highest BCUT2D eigenvalue weighted by atomic mass is 16.4. The summed E-state index contributed by atoms with van der Waals surface area (Å²) in [7, 11) is 0. The molecule has 31 heavy (non-hydrogen) atoms. The SMILES string of the molecule is O=C(O)[C@@H]1C[C@H](n2ncnn2)CN1c1nc(Nc2cc(C3CC3)[nH]n2)c2cccn2n1. The Balaban J connectivity index is 1.35. The molecule has 0 bridgehead atoms. The molecule has 3 N–H and O–H groups in total. The molecular weight excluding hydrogens is 402 g/mol. The molecule has 2 atom stereocenters. The van der Waals surface area contributed by atoms with Crippen molar-refractivity contribution < 1.29 is 9.90 Å². The van der Waals surface area contributed by atoms with Crippen LogP contribution in [0.5, 0.6) is 0 Å². The summed E-state index contributed by atoms with van der Waals surface area (Å²) in [6.07, 6.45) is 5.81. The molecule has 13 heteroatoms. The van der Waals surface area contributed by atoms with Crippen LogP contribution < -0.4 is 10.2 Å². The molecule has 0 amide bonds. The number of hydrogen-bond acceptors (Lipinski definition) is 9. The molecule has 0 spiro atoms. The Morgan fingerprint density at radius 1 is 1.32 bits per heavy atom.